The molecular formula is C15H17FN2O4. The zero-order valence-corrected chi connectivity index (χ0v) is 12.1. The van der Waals surface area contributed by atoms with E-state index < -0.39 is 24.5 Å². The van der Waals surface area contributed by atoms with Crippen LogP contribution in [0.2, 0.25) is 0 Å². The lowest BCUT2D eigenvalue weighted by Crippen LogP contribution is -2.44. The second kappa shape index (κ2) is 7.04. The number of rotatable bonds is 6. The van der Waals surface area contributed by atoms with E-state index >= 15 is 0 Å². The molecule has 1 aromatic heterocycles. The largest absolute Gasteiger partial charge is 0.464 e. The Balaban J connectivity index is 2.05. The van der Waals surface area contributed by atoms with Crippen molar-refractivity contribution < 1.29 is 23.8 Å². The van der Waals surface area contributed by atoms with Crippen molar-refractivity contribution >= 4 is 22.8 Å². The zero-order valence-electron chi connectivity index (χ0n) is 12.1. The molecule has 0 spiro atoms. The van der Waals surface area contributed by atoms with Crippen LogP contribution in [-0.2, 0) is 20.7 Å². The summed E-state index contributed by atoms with van der Waals surface area (Å²) >= 11 is 0. The summed E-state index contributed by atoms with van der Waals surface area (Å²) in [7, 11) is 0. The fraction of sp³-hybridized carbons (Fsp3) is 0.333. The third-order valence-electron chi connectivity index (χ3n) is 3.17. The predicted octanol–water partition coefficient (Wildman–Crippen LogP) is 0.890. The maximum absolute atomic E-state index is 13.1. The van der Waals surface area contributed by atoms with Gasteiger partial charge in [-0.05, 0) is 30.7 Å². The third kappa shape index (κ3) is 3.62. The molecule has 7 heteroatoms. The molecule has 1 heterocycles. The Hall–Kier alpha value is -2.41. The maximum atomic E-state index is 13.1. The summed E-state index contributed by atoms with van der Waals surface area (Å²) in [6, 6.07) is 3.15. The lowest BCUT2D eigenvalue weighted by molar-refractivity contribution is -0.148. The molecule has 6 nitrogen and oxygen atoms in total. The van der Waals surface area contributed by atoms with Crippen molar-refractivity contribution in [1.29, 1.82) is 0 Å². The van der Waals surface area contributed by atoms with Gasteiger partial charge in [-0.3, -0.25) is 4.79 Å². The van der Waals surface area contributed by atoms with Gasteiger partial charge in [0.1, 0.15) is 5.82 Å². The Bertz CT molecular complexity index is 683. The molecule has 0 aliphatic rings. The average molecular weight is 308 g/mol. The van der Waals surface area contributed by atoms with Gasteiger partial charge in [-0.25, -0.2) is 9.18 Å². The van der Waals surface area contributed by atoms with Gasteiger partial charge in [-0.1, -0.05) is 0 Å². The molecule has 1 unspecified atom stereocenters. The summed E-state index contributed by atoms with van der Waals surface area (Å²) in [6.45, 7) is 1.27. The van der Waals surface area contributed by atoms with Crippen molar-refractivity contribution in [1.82, 2.24) is 10.3 Å². The number of H-pyrrole nitrogens is 1. The number of carbonyl (C=O) groups is 2. The van der Waals surface area contributed by atoms with Crippen molar-refractivity contribution in [2.45, 2.75) is 19.4 Å². The van der Waals surface area contributed by atoms with E-state index in [2.05, 4.69) is 10.3 Å². The van der Waals surface area contributed by atoms with Crippen LogP contribution >= 0.6 is 0 Å². The molecule has 0 aliphatic carbocycles. The number of benzene rings is 1. The number of aliphatic hydroxyl groups is 1. The first-order valence-electron chi connectivity index (χ1n) is 6.87. The summed E-state index contributed by atoms with van der Waals surface area (Å²) in [5, 5.41) is 12.3. The number of aliphatic hydroxyl groups excluding tert-OH is 1. The van der Waals surface area contributed by atoms with E-state index in [-0.39, 0.29) is 18.8 Å². The quantitative estimate of drug-likeness (QED) is 0.691. The first-order chi connectivity index (χ1) is 10.5. The molecule has 1 aromatic carbocycles. The van der Waals surface area contributed by atoms with Gasteiger partial charge in [0.2, 0.25) is 5.91 Å². The number of aromatic nitrogens is 1. The van der Waals surface area contributed by atoms with Gasteiger partial charge in [0.25, 0.3) is 0 Å². The smallest absolute Gasteiger partial charge is 0.331 e. The van der Waals surface area contributed by atoms with Crippen molar-refractivity contribution in [3.63, 3.8) is 0 Å². The fourth-order valence-corrected chi connectivity index (χ4v) is 2.15. The molecule has 2 aromatic rings. The number of carbonyl (C=O) groups excluding carboxylic acids is 2. The van der Waals surface area contributed by atoms with E-state index in [4.69, 9.17) is 9.84 Å². The number of halogens is 1. The number of aromatic amines is 1. The molecule has 0 saturated carbocycles. The highest BCUT2D eigenvalue weighted by atomic mass is 19.1. The standard InChI is InChI=1S/C15H17FN2O4/c1-2-22-15(21)13(8-19)18-14(20)5-9-7-17-12-6-10(16)3-4-11(9)12/h3-4,6-7,13,17,19H,2,5,8H2,1H3,(H,18,20). The summed E-state index contributed by atoms with van der Waals surface area (Å²) < 4.78 is 17.9. The Morgan fingerprint density at radius 2 is 2.23 bits per heavy atom. The number of ether oxygens (including phenoxy) is 1. The number of amides is 1. The van der Waals surface area contributed by atoms with Gasteiger partial charge >= 0.3 is 5.97 Å². The van der Waals surface area contributed by atoms with Crippen LogP contribution in [0.1, 0.15) is 12.5 Å². The molecule has 0 saturated heterocycles. The molecule has 0 fully saturated rings. The average Bonchev–Trinajstić information content (AvgIpc) is 2.87. The topological polar surface area (TPSA) is 91.4 Å². The van der Waals surface area contributed by atoms with Crippen molar-refractivity contribution in [3.8, 4) is 0 Å². The van der Waals surface area contributed by atoms with Crippen molar-refractivity contribution in [2.24, 2.45) is 0 Å². The van der Waals surface area contributed by atoms with Crippen molar-refractivity contribution in [3.05, 3.63) is 35.8 Å². The van der Waals surface area contributed by atoms with E-state index in [1.165, 1.54) is 12.1 Å². The minimum atomic E-state index is -1.09. The first kappa shape index (κ1) is 16.0. The summed E-state index contributed by atoms with van der Waals surface area (Å²) in [5.74, 6) is -1.48. The van der Waals surface area contributed by atoms with Crippen LogP contribution in [0.3, 0.4) is 0 Å². The monoisotopic (exact) mass is 308 g/mol. The van der Waals surface area contributed by atoms with Crippen LogP contribution in [0.15, 0.2) is 24.4 Å². The van der Waals surface area contributed by atoms with Crippen LogP contribution in [0.4, 0.5) is 4.39 Å². The predicted molar refractivity (Wildman–Crippen MR) is 77.6 cm³/mol. The minimum Gasteiger partial charge on any atom is -0.464 e. The van der Waals surface area contributed by atoms with Gasteiger partial charge < -0.3 is 20.1 Å². The number of nitrogens with one attached hydrogen (secondary N) is 2. The van der Waals surface area contributed by atoms with Crippen LogP contribution < -0.4 is 5.32 Å². The van der Waals surface area contributed by atoms with E-state index in [0.717, 1.165) is 5.39 Å². The molecule has 0 bridgehead atoms. The molecule has 1 atom stereocenters. The van der Waals surface area contributed by atoms with E-state index in [1.807, 2.05) is 0 Å². The highest BCUT2D eigenvalue weighted by Gasteiger charge is 2.21. The number of esters is 1. The lowest BCUT2D eigenvalue weighted by atomic mass is 10.1. The molecule has 22 heavy (non-hydrogen) atoms. The lowest BCUT2D eigenvalue weighted by Gasteiger charge is -2.14. The molecule has 1 amide bonds. The van der Waals surface area contributed by atoms with Crippen LogP contribution in [0.25, 0.3) is 10.9 Å². The van der Waals surface area contributed by atoms with Crippen molar-refractivity contribution in [2.75, 3.05) is 13.2 Å². The van der Waals surface area contributed by atoms with Gasteiger partial charge in [0, 0.05) is 17.1 Å². The van der Waals surface area contributed by atoms with Gasteiger partial charge in [-0.15, -0.1) is 0 Å². The zero-order chi connectivity index (χ0) is 16.1. The molecular weight excluding hydrogens is 291 g/mol. The second-order valence-electron chi connectivity index (χ2n) is 4.74. The van der Waals surface area contributed by atoms with Gasteiger partial charge in [0.15, 0.2) is 6.04 Å². The molecule has 2 rings (SSSR count). The van der Waals surface area contributed by atoms with E-state index in [9.17, 15) is 14.0 Å². The number of hydrogen-bond donors (Lipinski definition) is 3. The number of hydrogen-bond acceptors (Lipinski definition) is 4. The van der Waals surface area contributed by atoms with Crippen LogP contribution in [0.5, 0.6) is 0 Å². The minimum absolute atomic E-state index is 0.00153. The second-order valence-corrected chi connectivity index (χ2v) is 4.74. The SMILES string of the molecule is CCOC(=O)C(CO)NC(=O)Cc1c[nH]c2cc(F)ccc12. The first-order valence-corrected chi connectivity index (χ1v) is 6.87. The highest BCUT2D eigenvalue weighted by Crippen LogP contribution is 2.19. The van der Waals surface area contributed by atoms with Crippen LogP contribution in [-0.4, -0.2) is 41.2 Å². The normalized spacial score (nSPS) is 12.1. The van der Waals surface area contributed by atoms with Gasteiger partial charge in [-0.2, -0.15) is 0 Å². The Morgan fingerprint density at radius 3 is 2.91 bits per heavy atom. The van der Waals surface area contributed by atoms with E-state index in [0.29, 0.717) is 11.1 Å². The Morgan fingerprint density at radius 1 is 1.45 bits per heavy atom. The third-order valence-corrected chi connectivity index (χ3v) is 3.17. The highest BCUT2D eigenvalue weighted by molar-refractivity contribution is 5.90. The Labute approximate surface area is 126 Å². The summed E-state index contributed by atoms with van der Waals surface area (Å²) in [4.78, 5) is 26.4. The van der Waals surface area contributed by atoms with E-state index in [1.54, 1.807) is 19.2 Å². The van der Waals surface area contributed by atoms with Gasteiger partial charge in [0.05, 0.1) is 19.6 Å². The number of fused-ring (bicyclic) bond motifs is 1. The summed E-state index contributed by atoms with van der Waals surface area (Å²) in [6.07, 6.45) is 1.61. The molecule has 118 valence electrons. The molecule has 0 radical (unpaired) electrons. The molecule has 0 aliphatic heterocycles. The Kier molecular flexibility index (Phi) is 5.11. The summed E-state index contributed by atoms with van der Waals surface area (Å²) in [5.41, 5.74) is 1.26. The van der Waals surface area contributed by atoms with Crippen LogP contribution in [0, 0.1) is 5.82 Å². The maximum Gasteiger partial charge on any atom is 0.331 e. The fourth-order valence-electron chi connectivity index (χ4n) is 2.15. The molecule has 3 N–H and O–H groups in total.